The van der Waals surface area contributed by atoms with E-state index < -0.39 is 0 Å². The number of hydrogen-bond donors (Lipinski definition) is 2. The monoisotopic (exact) mass is 220 g/mol. The molecule has 1 aromatic carbocycles. The molecule has 1 aromatic rings. The summed E-state index contributed by atoms with van der Waals surface area (Å²) in [6, 6.07) is 6.65. The van der Waals surface area contributed by atoms with Crippen LogP contribution >= 0.6 is 0 Å². The number of anilines is 2. The van der Waals surface area contributed by atoms with Crippen LogP contribution in [0.5, 0.6) is 5.75 Å². The second-order valence-electron chi connectivity index (χ2n) is 4.28. The predicted octanol–water partition coefficient (Wildman–Crippen LogP) is 3.09. The number of nitrogens with one attached hydrogen (secondary N) is 2. The summed E-state index contributed by atoms with van der Waals surface area (Å²) in [6.07, 6.45) is 3.75. The van der Waals surface area contributed by atoms with Gasteiger partial charge in [0.2, 0.25) is 0 Å². The summed E-state index contributed by atoms with van der Waals surface area (Å²) < 4.78 is 5.23. The van der Waals surface area contributed by atoms with Crippen molar-refractivity contribution >= 4 is 11.4 Å². The molecule has 2 N–H and O–H groups in total. The average molecular weight is 220 g/mol. The SMILES string of the molecule is CCCCC1CNc2ccc(OC)cc2N1. The Morgan fingerprint density at radius 3 is 3.00 bits per heavy atom. The van der Waals surface area contributed by atoms with E-state index in [1.54, 1.807) is 7.11 Å². The summed E-state index contributed by atoms with van der Waals surface area (Å²) in [5, 5.41) is 7.02. The van der Waals surface area contributed by atoms with Crippen molar-refractivity contribution in [3.8, 4) is 5.75 Å². The Labute approximate surface area is 97.2 Å². The lowest BCUT2D eigenvalue weighted by Gasteiger charge is -2.28. The first kappa shape index (κ1) is 11.1. The van der Waals surface area contributed by atoms with Crippen molar-refractivity contribution in [2.45, 2.75) is 32.2 Å². The van der Waals surface area contributed by atoms with E-state index in [0.29, 0.717) is 6.04 Å². The zero-order chi connectivity index (χ0) is 11.4. The normalized spacial score (nSPS) is 18.2. The van der Waals surface area contributed by atoms with Crippen LogP contribution in [0, 0.1) is 0 Å². The van der Waals surface area contributed by atoms with Crippen LogP contribution in [0.4, 0.5) is 11.4 Å². The number of hydrogen-bond acceptors (Lipinski definition) is 3. The zero-order valence-corrected chi connectivity index (χ0v) is 10.0. The van der Waals surface area contributed by atoms with E-state index in [2.05, 4.69) is 29.7 Å². The fourth-order valence-electron chi connectivity index (χ4n) is 2.05. The molecule has 1 atom stereocenters. The molecular weight excluding hydrogens is 200 g/mol. The number of benzene rings is 1. The van der Waals surface area contributed by atoms with Gasteiger partial charge in [-0.1, -0.05) is 19.8 Å². The highest BCUT2D eigenvalue weighted by molar-refractivity contribution is 5.73. The lowest BCUT2D eigenvalue weighted by atomic mass is 10.1. The molecule has 1 aliphatic rings. The van der Waals surface area contributed by atoms with E-state index in [4.69, 9.17) is 4.74 Å². The van der Waals surface area contributed by atoms with Crippen LogP contribution in [0.25, 0.3) is 0 Å². The van der Waals surface area contributed by atoms with E-state index in [-0.39, 0.29) is 0 Å². The minimum absolute atomic E-state index is 0.541. The third kappa shape index (κ3) is 2.40. The lowest BCUT2D eigenvalue weighted by Crippen LogP contribution is -2.32. The molecule has 0 saturated heterocycles. The van der Waals surface area contributed by atoms with Crippen LogP contribution in [0.1, 0.15) is 26.2 Å². The fraction of sp³-hybridized carbons (Fsp3) is 0.538. The smallest absolute Gasteiger partial charge is 0.121 e. The van der Waals surface area contributed by atoms with E-state index in [9.17, 15) is 0 Å². The van der Waals surface area contributed by atoms with Crippen LogP contribution in [0.15, 0.2) is 18.2 Å². The van der Waals surface area contributed by atoms with Gasteiger partial charge in [-0.3, -0.25) is 0 Å². The van der Waals surface area contributed by atoms with Crippen LogP contribution in [0.2, 0.25) is 0 Å². The maximum absolute atomic E-state index is 5.23. The third-order valence-corrected chi connectivity index (χ3v) is 3.03. The molecule has 0 fully saturated rings. The van der Waals surface area contributed by atoms with E-state index in [0.717, 1.165) is 18.0 Å². The predicted molar refractivity (Wildman–Crippen MR) is 68.4 cm³/mol. The number of rotatable bonds is 4. The summed E-state index contributed by atoms with van der Waals surface area (Å²) >= 11 is 0. The minimum Gasteiger partial charge on any atom is -0.497 e. The van der Waals surface area contributed by atoms with Crippen molar-refractivity contribution in [2.75, 3.05) is 24.3 Å². The van der Waals surface area contributed by atoms with Gasteiger partial charge in [0.05, 0.1) is 18.5 Å². The summed E-state index contributed by atoms with van der Waals surface area (Å²) in [7, 11) is 1.70. The number of methoxy groups -OCH3 is 1. The molecule has 3 nitrogen and oxygen atoms in total. The molecule has 88 valence electrons. The highest BCUT2D eigenvalue weighted by Gasteiger charge is 2.16. The largest absolute Gasteiger partial charge is 0.497 e. The van der Waals surface area contributed by atoms with E-state index >= 15 is 0 Å². The van der Waals surface area contributed by atoms with Crippen LogP contribution in [0.3, 0.4) is 0 Å². The van der Waals surface area contributed by atoms with Gasteiger partial charge >= 0.3 is 0 Å². The van der Waals surface area contributed by atoms with Crippen LogP contribution < -0.4 is 15.4 Å². The van der Waals surface area contributed by atoms with Gasteiger partial charge in [-0.05, 0) is 18.6 Å². The van der Waals surface area contributed by atoms with Crippen molar-refractivity contribution in [1.82, 2.24) is 0 Å². The van der Waals surface area contributed by atoms with Gasteiger partial charge in [-0.15, -0.1) is 0 Å². The molecular formula is C13H20N2O. The second-order valence-corrected chi connectivity index (χ2v) is 4.28. The maximum Gasteiger partial charge on any atom is 0.121 e. The maximum atomic E-state index is 5.23. The number of fused-ring (bicyclic) bond motifs is 1. The zero-order valence-electron chi connectivity index (χ0n) is 10.0. The molecule has 3 heteroatoms. The molecule has 0 amide bonds. The van der Waals surface area contributed by atoms with Gasteiger partial charge in [0.15, 0.2) is 0 Å². The summed E-state index contributed by atoms with van der Waals surface area (Å²) in [4.78, 5) is 0. The number of ether oxygens (including phenoxy) is 1. The van der Waals surface area contributed by atoms with E-state index in [1.165, 1.54) is 24.9 Å². The Kier molecular flexibility index (Phi) is 3.54. The molecule has 0 aromatic heterocycles. The van der Waals surface area contributed by atoms with Crippen molar-refractivity contribution < 1.29 is 4.74 Å². The van der Waals surface area contributed by atoms with Crippen LogP contribution in [-0.2, 0) is 0 Å². The van der Waals surface area contributed by atoms with Crippen molar-refractivity contribution in [2.24, 2.45) is 0 Å². The Morgan fingerprint density at radius 1 is 1.38 bits per heavy atom. The highest BCUT2D eigenvalue weighted by atomic mass is 16.5. The van der Waals surface area contributed by atoms with Gasteiger partial charge in [0.25, 0.3) is 0 Å². The first-order valence-corrected chi connectivity index (χ1v) is 6.02. The second kappa shape index (κ2) is 5.10. The average Bonchev–Trinajstić information content (AvgIpc) is 2.35. The molecule has 1 aliphatic heterocycles. The molecule has 0 bridgehead atoms. The Morgan fingerprint density at radius 2 is 2.25 bits per heavy atom. The quantitative estimate of drug-likeness (QED) is 0.818. The Balaban J connectivity index is 2.06. The van der Waals surface area contributed by atoms with Crippen molar-refractivity contribution in [3.63, 3.8) is 0 Å². The van der Waals surface area contributed by atoms with E-state index in [1.807, 2.05) is 6.07 Å². The molecule has 1 heterocycles. The third-order valence-electron chi connectivity index (χ3n) is 3.03. The van der Waals surface area contributed by atoms with Gasteiger partial charge in [0.1, 0.15) is 5.75 Å². The highest BCUT2D eigenvalue weighted by Crippen LogP contribution is 2.30. The summed E-state index contributed by atoms with van der Waals surface area (Å²) in [5.41, 5.74) is 2.33. The topological polar surface area (TPSA) is 33.3 Å². The number of unbranched alkanes of at least 4 members (excludes halogenated alkanes) is 1. The van der Waals surface area contributed by atoms with Gasteiger partial charge in [-0.2, -0.15) is 0 Å². The summed E-state index contributed by atoms with van der Waals surface area (Å²) in [5.74, 6) is 0.907. The first-order valence-electron chi connectivity index (χ1n) is 6.02. The molecule has 0 spiro atoms. The first-order chi connectivity index (χ1) is 7.83. The molecule has 16 heavy (non-hydrogen) atoms. The standard InChI is InChI=1S/C13H20N2O/c1-3-4-5-10-9-14-12-7-6-11(16-2)8-13(12)15-10/h6-8,10,14-15H,3-5,9H2,1-2H3. The summed E-state index contributed by atoms with van der Waals surface area (Å²) in [6.45, 7) is 3.24. The van der Waals surface area contributed by atoms with Gasteiger partial charge in [0, 0.05) is 18.7 Å². The fourth-order valence-corrected chi connectivity index (χ4v) is 2.05. The molecule has 1 unspecified atom stereocenters. The molecule has 2 rings (SSSR count). The van der Waals surface area contributed by atoms with Crippen molar-refractivity contribution in [1.29, 1.82) is 0 Å². The van der Waals surface area contributed by atoms with Crippen molar-refractivity contribution in [3.05, 3.63) is 18.2 Å². The molecule has 0 aliphatic carbocycles. The van der Waals surface area contributed by atoms with Gasteiger partial charge in [-0.25, -0.2) is 0 Å². The Bertz CT molecular complexity index is 352. The minimum atomic E-state index is 0.541. The lowest BCUT2D eigenvalue weighted by molar-refractivity contribution is 0.415. The molecule has 0 radical (unpaired) electrons. The Hall–Kier alpha value is -1.38. The van der Waals surface area contributed by atoms with Gasteiger partial charge < -0.3 is 15.4 Å². The van der Waals surface area contributed by atoms with Crippen LogP contribution in [-0.4, -0.2) is 19.7 Å². The molecule has 0 saturated carbocycles.